The first kappa shape index (κ1) is 18.8. The van der Waals surface area contributed by atoms with Crippen molar-refractivity contribution in [2.45, 2.75) is 41.2 Å². The molecule has 5 nitrogen and oxygen atoms in total. The van der Waals surface area contributed by atoms with E-state index in [0.29, 0.717) is 25.5 Å². The van der Waals surface area contributed by atoms with E-state index < -0.39 is 0 Å². The van der Waals surface area contributed by atoms with Crippen LogP contribution < -0.4 is 5.49 Å². The van der Waals surface area contributed by atoms with E-state index in [4.69, 9.17) is 28.6 Å². The van der Waals surface area contributed by atoms with Gasteiger partial charge in [0.05, 0.1) is 6.33 Å². The summed E-state index contributed by atoms with van der Waals surface area (Å²) in [5.74, 6) is 0. The first-order valence-corrected chi connectivity index (χ1v) is 10.2. The number of aryl methyl sites for hydroxylation is 1. The number of aromatic amines is 1. The number of fused-ring (bicyclic) bond motifs is 1. The topological polar surface area (TPSA) is 70.3 Å². The van der Waals surface area contributed by atoms with Crippen LogP contribution in [0.5, 0.6) is 0 Å². The molecule has 0 radical (unpaired) electrons. The number of imidazole rings is 1. The first-order chi connectivity index (χ1) is 11.9. The summed E-state index contributed by atoms with van der Waals surface area (Å²) in [4.78, 5) is 13.3. The number of benzene rings is 1. The number of aromatic nitrogens is 4. The average Bonchev–Trinajstić information content (AvgIpc) is 2.93. The van der Waals surface area contributed by atoms with E-state index in [-0.39, 0.29) is 5.49 Å². The Hall–Kier alpha value is -1.02. The lowest BCUT2D eigenvalue weighted by Crippen LogP contribution is -2.13. The molecule has 2 aromatic heterocycles. The summed E-state index contributed by atoms with van der Waals surface area (Å²) < 4.78 is 1.98. The van der Waals surface area contributed by atoms with Gasteiger partial charge >= 0.3 is 0 Å². The second-order valence-corrected chi connectivity index (χ2v) is 9.16. The maximum absolute atomic E-state index is 8.01. The minimum atomic E-state index is 0.184. The summed E-state index contributed by atoms with van der Waals surface area (Å²) in [5, 5.41) is 9.84. The zero-order valence-electron chi connectivity index (χ0n) is 13.4. The Morgan fingerprint density at radius 1 is 1.32 bits per heavy atom. The fourth-order valence-electron chi connectivity index (χ4n) is 2.42. The van der Waals surface area contributed by atoms with Crippen molar-refractivity contribution in [2.24, 2.45) is 0 Å². The third kappa shape index (κ3) is 4.78. The minimum absolute atomic E-state index is 0.184. The highest BCUT2D eigenvalue weighted by Gasteiger charge is 2.11. The highest BCUT2D eigenvalue weighted by atomic mass is 79.9. The van der Waals surface area contributed by atoms with Gasteiger partial charge in [0, 0.05) is 26.3 Å². The minimum Gasteiger partial charge on any atom is -0.328 e. The fourth-order valence-corrected chi connectivity index (χ4v) is 4.28. The molecule has 9 heteroatoms. The molecule has 0 aliphatic carbocycles. The van der Waals surface area contributed by atoms with Crippen LogP contribution in [0, 0.1) is 5.41 Å². The van der Waals surface area contributed by atoms with Crippen molar-refractivity contribution in [3.63, 3.8) is 0 Å². The molecule has 25 heavy (non-hydrogen) atoms. The molecule has 0 bridgehead atoms. The number of H-pyrrole nitrogens is 1. The number of nitrogens with one attached hydrogen (secondary N) is 2. The molecule has 1 atom stereocenters. The van der Waals surface area contributed by atoms with Crippen LogP contribution in [0.1, 0.15) is 19.8 Å². The summed E-state index contributed by atoms with van der Waals surface area (Å²) in [6, 6.07) is 5.35. The molecule has 0 aliphatic heterocycles. The van der Waals surface area contributed by atoms with Gasteiger partial charge in [-0.25, -0.2) is 9.97 Å². The van der Waals surface area contributed by atoms with Crippen molar-refractivity contribution in [3.8, 4) is 0 Å². The van der Waals surface area contributed by atoms with Crippen molar-refractivity contribution in [1.82, 2.24) is 19.5 Å². The van der Waals surface area contributed by atoms with Gasteiger partial charge in [0.25, 0.3) is 0 Å². The summed E-state index contributed by atoms with van der Waals surface area (Å²) in [6.07, 6.45) is 3.74. The molecular formula is C16H16BrCl2N5S. The van der Waals surface area contributed by atoms with Crippen LogP contribution in [0.25, 0.3) is 11.2 Å². The molecule has 0 fully saturated rings. The van der Waals surface area contributed by atoms with E-state index >= 15 is 0 Å². The first-order valence-electron chi connectivity index (χ1n) is 7.70. The van der Waals surface area contributed by atoms with Gasteiger partial charge in [-0.1, -0.05) is 57.8 Å². The Morgan fingerprint density at radius 2 is 2.04 bits per heavy atom. The Balaban J connectivity index is 1.90. The summed E-state index contributed by atoms with van der Waals surface area (Å²) in [5.41, 5.74) is 1.55. The fraction of sp³-hybridized carbons (Fsp3) is 0.312. The molecule has 3 aromatic rings. The highest BCUT2D eigenvalue weighted by molar-refractivity contribution is 9.09. The smallest absolute Gasteiger partial charge is 0.173 e. The zero-order valence-corrected chi connectivity index (χ0v) is 17.3. The Morgan fingerprint density at radius 3 is 2.72 bits per heavy atom. The third-order valence-electron chi connectivity index (χ3n) is 3.55. The second kappa shape index (κ2) is 8.12. The Bertz CT molecular complexity index is 933. The van der Waals surface area contributed by atoms with Crippen molar-refractivity contribution in [3.05, 3.63) is 40.1 Å². The molecule has 1 unspecified atom stereocenters. The lowest BCUT2D eigenvalue weighted by molar-refractivity contribution is 0.610. The van der Waals surface area contributed by atoms with Crippen molar-refractivity contribution < 1.29 is 0 Å². The van der Waals surface area contributed by atoms with E-state index in [1.165, 1.54) is 11.8 Å². The van der Waals surface area contributed by atoms with Crippen LogP contribution in [0.2, 0.25) is 10.0 Å². The van der Waals surface area contributed by atoms with Crippen molar-refractivity contribution >= 4 is 62.1 Å². The van der Waals surface area contributed by atoms with Crippen molar-refractivity contribution in [1.29, 1.82) is 5.41 Å². The van der Waals surface area contributed by atoms with E-state index in [2.05, 4.69) is 37.8 Å². The molecule has 0 saturated heterocycles. The van der Waals surface area contributed by atoms with Gasteiger partial charge in [-0.3, -0.25) is 5.41 Å². The number of alkyl halides is 1. The Labute approximate surface area is 167 Å². The predicted molar refractivity (Wildman–Crippen MR) is 106 cm³/mol. The van der Waals surface area contributed by atoms with Crippen LogP contribution >= 0.6 is 50.9 Å². The largest absolute Gasteiger partial charge is 0.328 e. The number of hydrogen-bond donors (Lipinski definition) is 2. The average molecular weight is 461 g/mol. The van der Waals surface area contributed by atoms with E-state index in [1.54, 1.807) is 12.4 Å². The van der Waals surface area contributed by atoms with E-state index in [0.717, 1.165) is 29.9 Å². The van der Waals surface area contributed by atoms with Gasteiger partial charge < -0.3 is 9.55 Å². The molecule has 3 rings (SSSR count). The van der Waals surface area contributed by atoms with Gasteiger partial charge in [0.15, 0.2) is 16.3 Å². The van der Waals surface area contributed by atoms with Crippen LogP contribution in [-0.4, -0.2) is 24.3 Å². The molecule has 0 saturated carbocycles. The van der Waals surface area contributed by atoms with E-state index in [1.807, 2.05) is 16.7 Å². The zero-order chi connectivity index (χ0) is 18.0. The maximum Gasteiger partial charge on any atom is 0.173 e. The Kier molecular flexibility index (Phi) is 6.09. The number of halogens is 3. The molecule has 0 spiro atoms. The standard InChI is InChI=1S/C16H16BrCl2N5S/c1-9(17)3-2-4-24-8-21-14(20)13-15(24)23-16(22-13)25-12-6-10(18)5-11(19)7-12/h5-9,20H,2-4H2,1H3,(H,22,23). The monoisotopic (exact) mass is 459 g/mol. The van der Waals surface area contributed by atoms with Gasteiger partial charge in [-0.2, -0.15) is 0 Å². The predicted octanol–water partition coefficient (Wildman–Crippen LogP) is 5.26. The van der Waals surface area contributed by atoms with Crippen molar-refractivity contribution in [2.75, 3.05) is 0 Å². The summed E-state index contributed by atoms with van der Waals surface area (Å²) in [7, 11) is 0. The molecule has 0 amide bonds. The normalized spacial score (nSPS) is 12.6. The number of rotatable bonds is 6. The molecule has 2 N–H and O–H groups in total. The molecule has 1 aromatic carbocycles. The molecule has 132 valence electrons. The molecular weight excluding hydrogens is 445 g/mol. The SMILES string of the molecule is CC(Br)CCCn1cnc(=N)c2[nH]c(Sc3cc(Cl)cc(Cl)c3)nc21. The van der Waals surface area contributed by atoms with Gasteiger partial charge in [-0.05, 0) is 31.0 Å². The van der Waals surface area contributed by atoms with Crippen LogP contribution in [0.15, 0.2) is 34.6 Å². The van der Waals surface area contributed by atoms with Crippen LogP contribution in [0.3, 0.4) is 0 Å². The number of nitrogens with zero attached hydrogens (tertiary/aromatic N) is 3. The molecule has 0 aliphatic rings. The third-order valence-corrected chi connectivity index (χ3v) is 5.30. The van der Waals surface area contributed by atoms with E-state index in [9.17, 15) is 0 Å². The summed E-state index contributed by atoms with van der Waals surface area (Å²) in [6.45, 7) is 2.93. The quantitative estimate of drug-likeness (QED) is 0.492. The second-order valence-electron chi connectivity index (χ2n) is 5.66. The lowest BCUT2D eigenvalue weighted by atomic mass is 10.2. The lowest BCUT2D eigenvalue weighted by Gasteiger charge is -2.07. The molecule has 2 heterocycles. The number of hydrogen-bond acceptors (Lipinski definition) is 4. The maximum atomic E-state index is 8.01. The van der Waals surface area contributed by atoms with Crippen LogP contribution in [-0.2, 0) is 6.54 Å². The highest BCUT2D eigenvalue weighted by Crippen LogP contribution is 2.31. The van der Waals surface area contributed by atoms with Gasteiger partial charge in [0.1, 0.15) is 5.52 Å². The summed E-state index contributed by atoms with van der Waals surface area (Å²) >= 11 is 17.1. The van der Waals surface area contributed by atoms with Crippen LogP contribution in [0.4, 0.5) is 0 Å². The van der Waals surface area contributed by atoms with Gasteiger partial charge in [0.2, 0.25) is 0 Å². The van der Waals surface area contributed by atoms with Gasteiger partial charge in [-0.15, -0.1) is 0 Å².